The molecule has 0 aliphatic heterocycles. The van der Waals surface area contributed by atoms with E-state index < -0.39 is 128 Å². The zero-order valence-corrected chi connectivity index (χ0v) is 27.6. The van der Waals surface area contributed by atoms with Gasteiger partial charge < -0.3 is 52.7 Å². The second-order valence-corrected chi connectivity index (χ2v) is 11.5. The van der Waals surface area contributed by atoms with Crippen LogP contribution in [0.4, 0.5) is 0 Å². The van der Waals surface area contributed by atoms with Gasteiger partial charge in [-0.05, 0) is 31.6 Å². The summed E-state index contributed by atoms with van der Waals surface area (Å²) in [6, 6.07) is -8.83. The van der Waals surface area contributed by atoms with Crippen molar-refractivity contribution in [2.45, 2.75) is 116 Å². The third-order valence-corrected chi connectivity index (χ3v) is 7.65. The number of carbonyl (C=O) groups is 9. The van der Waals surface area contributed by atoms with Crippen molar-refractivity contribution in [1.82, 2.24) is 26.6 Å². The van der Waals surface area contributed by atoms with Gasteiger partial charge >= 0.3 is 23.9 Å². The van der Waals surface area contributed by atoms with Crippen molar-refractivity contribution in [3.05, 3.63) is 0 Å². The Balaban J connectivity index is 6.23. The molecule has 48 heavy (non-hydrogen) atoms. The number of rotatable bonds is 23. The number of aliphatic carboxylic acids is 4. The van der Waals surface area contributed by atoms with Crippen molar-refractivity contribution in [1.29, 1.82) is 0 Å². The molecule has 0 spiro atoms. The van der Waals surface area contributed by atoms with Crippen LogP contribution < -0.4 is 32.3 Å². The molecule has 0 aliphatic carbocycles. The molecule has 0 fully saturated rings. The number of carboxylic acid groups (broad SMARTS) is 4. The highest BCUT2D eigenvalue weighted by Gasteiger charge is 2.35. The van der Waals surface area contributed by atoms with E-state index in [1.165, 1.54) is 0 Å². The summed E-state index contributed by atoms with van der Waals surface area (Å²) in [5.41, 5.74) is 6.00. The molecule has 0 bridgehead atoms. The number of carboxylic acids is 4. The molecule has 19 nitrogen and oxygen atoms in total. The van der Waals surface area contributed by atoms with E-state index in [-0.39, 0.29) is 5.92 Å². The van der Waals surface area contributed by atoms with Gasteiger partial charge in [0, 0.05) is 12.8 Å². The molecule has 19 heteroatoms. The maximum absolute atomic E-state index is 13.4. The standard InChI is InChI=1S/C29H48N6O13/c1-6-13(3)22(30)27(45)35-23(14(4)7-2)28(46)33-17(9-11-20(38)39)25(43)34-18(12-21(40)41)26(44)32-16(8-10-19(36)37)24(42)31-15(5)29(47)48/h13-18,22-23H,6-12,30H2,1-5H3,(H,31,42)(H,32,44)(H,33,46)(H,34,43)(H,35,45)(H,36,37)(H,38,39)(H,40,41)(H,47,48). The monoisotopic (exact) mass is 688 g/mol. The molecule has 0 rings (SSSR count). The molecule has 0 aromatic rings. The topological polar surface area (TPSA) is 321 Å². The molecular formula is C29H48N6O13. The highest BCUT2D eigenvalue weighted by atomic mass is 16.4. The van der Waals surface area contributed by atoms with Crippen molar-refractivity contribution in [2.24, 2.45) is 17.6 Å². The normalized spacial score (nSPS) is 15.9. The fourth-order valence-electron chi connectivity index (χ4n) is 4.10. The molecule has 272 valence electrons. The lowest BCUT2D eigenvalue weighted by Crippen LogP contribution is -2.60. The van der Waals surface area contributed by atoms with Gasteiger partial charge in [0.15, 0.2) is 0 Å². The van der Waals surface area contributed by atoms with Crippen LogP contribution in [0, 0.1) is 11.8 Å². The van der Waals surface area contributed by atoms with Crippen molar-refractivity contribution < 1.29 is 63.6 Å². The number of hydrogen-bond donors (Lipinski definition) is 10. The highest BCUT2D eigenvalue weighted by molar-refractivity contribution is 5.97. The predicted octanol–water partition coefficient (Wildman–Crippen LogP) is -1.86. The van der Waals surface area contributed by atoms with E-state index in [2.05, 4.69) is 26.6 Å². The first kappa shape index (κ1) is 43.2. The highest BCUT2D eigenvalue weighted by Crippen LogP contribution is 2.12. The Kier molecular flexibility index (Phi) is 19.0. The van der Waals surface area contributed by atoms with Gasteiger partial charge in [-0.2, -0.15) is 0 Å². The predicted molar refractivity (Wildman–Crippen MR) is 166 cm³/mol. The van der Waals surface area contributed by atoms with Crippen LogP contribution in [0.25, 0.3) is 0 Å². The average Bonchev–Trinajstić information content (AvgIpc) is 3.00. The van der Waals surface area contributed by atoms with Gasteiger partial charge in [0.05, 0.1) is 12.5 Å². The number of hydrogen-bond acceptors (Lipinski definition) is 10. The van der Waals surface area contributed by atoms with E-state index in [0.29, 0.717) is 12.8 Å². The number of amides is 5. The largest absolute Gasteiger partial charge is 0.481 e. The van der Waals surface area contributed by atoms with Crippen LogP contribution in [0.1, 0.15) is 79.6 Å². The fourth-order valence-corrected chi connectivity index (χ4v) is 4.10. The van der Waals surface area contributed by atoms with Crippen LogP contribution in [0.2, 0.25) is 0 Å². The summed E-state index contributed by atoms with van der Waals surface area (Å²) in [6.45, 7) is 8.06. The Bertz CT molecular complexity index is 1200. The van der Waals surface area contributed by atoms with Crippen LogP contribution in [-0.2, 0) is 43.2 Å². The maximum Gasteiger partial charge on any atom is 0.325 e. The van der Waals surface area contributed by atoms with Gasteiger partial charge in [0.1, 0.15) is 30.2 Å². The number of carbonyl (C=O) groups excluding carboxylic acids is 5. The van der Waals surface area contributed by atoms with E-state index >= 15 is 0 Å². The van der Waals surface area contributed by atoms with Gasteiger partial charge in [-0.1, -0.05) is 40.5 Å². The molecule has 11 N–H and O–H groups in total. The average molecular weight is 689 g/mol. The second-order valence-electron chi connectivity index (χ2n) is 11.5. The minimum absolute atomic E-state index is 0.229. The van der Waals surface area contributed by atoms with Crippen LogP contribution >= 0.6 is 0 Å². The molecule has 0 saturated heterocycles. The van der Waals surface area contributed by atoms with Gasteiger partial charge in [0.25, 0.3) is 0 Å². The third-order valence-electron chi connectivity index (χ3n) is 7.65. The molecule has 8 unspecified atom stereocenters. The zero-order chi connectivity index (χ0) is 37.3. The summed E-state index contributed by atoms with van der Waals surface area (Å²) in [5.74, 6) is -11.5. The smallest absolute Gasteiger partial charge is 0.325 e. The SMILES string of the molecule is CCC(C)C(N)C(=O)NC(C(=O)NC(CCC(=O)O)C(=O)NC(CC(=O)O)C(=O)NC(CCC(=O)O)C(=O)NC(C)C(=O)O)C(C)CC. The van der Waals surface area contributed by atoms with E-state index in [9.17, 15) is 53.4 Å². The summed E-state index contributed by atoms with van der Waals surface area (Å²) in [6.07, 6.45) is -2.45. The fraction of sp³-hybridized carbons (Fsp3) is 0.690. The Morgan fingerprint density at radius 1 is 0.542 bits per heavy atom. The molecule has 0 radical (unpaired) electrons. The molecule has 8 atom stereocenters. The summed E-state index contributed by atoms with van der Waals surface area (Å²) < 4.78 is 0. The summed E-state index contributed by atoms with van der Waals surface area (Å²) in [5, 5.41) is 48.0. The Morgan fingerprint density at radius 3 is 1.38 bits per heavy atom. The maximum atomic E-state index is 13.4. The van der Waals surface area contributed by atoms with E-state index in [1.807, 2.05) is 6.92 Å². The molecular weight excluding hydrogens is 640 g/mol. The first-order valence-electron chi connectivity index (χ1n) is 15.4. The van der Waals surface area contributed by atoms with E-state index in [1.54, 1.807) is 20.8 Å². The van der Waals surface area contributed by atoms with Crippen molar-refractivity contribution >= 4 is 53.4 Å². The first-order valence-corrected chi connectivity index (χ1v) is 15.4. The van der Waals surface area contributed by atoms with Crippen LogP contribution in [0.15, 0.2) is 0 Å². The summed E-state index contributed by atoms with van der Waals surface area (Å²) in [7, 11) is 0. The van der Waals surface area contributed by atoms with Gasteiger partial charge in [0.2, 0.25) is 29.5 Å². The van der Waals surface area contributed by atoms with Gasteiger partial charge in [-0.3, -0.25) is 43.2 Å². The summed E-state index contributed by atoms with van der Waals surface area (Å²) >= 11 is 0. The lowest BCUT2D eigenvalue weighted by molar-refractivity contribution is -0.143. The van der Waals surface area contributed by atoms with E-state index in [4.69, 9.17) is 15.9 Å². The van der Waals surface area contributed by atoms with Crippen molar-refractivity contribution in [2.75, 3.05) is 0 Å². The molecule has 0 saturated carbocycles. The van der Waals surface area contributed by atoms with Gasteiger partial charge in [-0.15, -0.1) is 0 Å². The number of nitrogens with two attached hydrogens (primary N) is 1. The Labute approximate surface area is 277 Å². The van der Waals surface area contributed by atoms with Crippen LogP contribution in [0.5, 0.6) is 0 Å². The second kappa shape index (κ2) is 21.1. The minimum atomic E-state index is -1.92. The number of nitrogens with one attached hydrogen (secondary N) is 5. The Hall–Kier alpha value is -4.81. The molecule has 0 aromatic heterocycles. The molecule has 0 aliphatic rings. The minimum Gasteiger partial charge on any atom is -0.481 e. The van der Waals surface area contributed by atoms with Crippen molar-refractivity contribution in [3.63, 3.8) is 0 Å². The van der Waals surface area contributed by atoms with Gasteiger partial charge in [-0.25, -0.2) is 0 Å². The first-order chi connectivity index (χ1) is 22.2. The molecule has 5 amide bonds. The van der Waals surface area contributed by atoms with Crippen LogP contribution in [-0.4, -0.2) is 110 Å². The lowest BCUT2D eigenvalue weighted by atomic mass is 9.95. The molecule has 0 aromatic carbocycles. The van der Waals surface area contributed by atoms with E-state index in [0.717, 1.165) is 6.92 Å². The summed E-state index contributed by atoms with van der Waals surface area (Å²) in [4.78, 5) is 110. The van der Waals surface area contributed by atoms with Crippen molar-refractivity contribution in [3.8, 4) is 0 Å². The quantitative estimate of drug-likeness (QED) is 0.0563. The molecule has 0 heterocycles. The Morgan fingerprint density at radius 2 is 0.958 bits per heavy atom. The van der Waals surface area contributed by atoms with Crippen LogP contribution in [0.3, 0.4) is 0 Å². The zero-order valence-electron chi connectivity index (χ0n) is 27.6. The third kappa shape index (κ3) is 15.7. The lowest BCUT2D eigenvalue weighted by Gasteiger charge is -2.29.